The van der Waals surface area contributed by atoms with Gasteiger partial charge in [-0.05, 0) is 129 Å². The van der Waals surface area contributed by atoms with E-state index in [1.165, 1.54) is 55.1 Å². The third kappa shape index (κ3) is 12.3. The number of anilines is 2. The molecule has 7 rings (SSSR count). The van der Waals surface area contributed by atoms with Crippen LogP contribution in [0.15, 0.2) is 103 Å². The van der Waals surface area contributed by atoms with Crippen molar-refractivity contribution in [2.45, 2.75) is 91.3 Å². The van der Waals surface area contributed by atoms with Crippen molar-refractivity contribution in [1.29, 1.82) is 5.26 Å². The molecule has 1 aliphatic rings. The smallest absolute Gasteiger partial charge is 0.420 e. The lowest BCUT2D eigenvalue weighted by Crippen LogP contribution is -2.57. The lowest BCUT2D eigenvalue weighted by atomic mass is 9.85. The van der Waals surface area contributed by atoms with E-state index >= 15 is 8.78 Å². The van der Waals surface area contributed by atoms with Gasteiger partial charge in [0.05, 0.1) is 62.1 Å². The minimum atomic E-state index is -5.17. The molecule has 0 spiro atoms. The topological polar surface area (TPSA) is 161 Å². The number of aryl methyl sites for hydroxylation is 1. The number of aldehydes is 1. The average Bonchev–Trinajstić information content (AvgIpc) is 4.05. The molecule has 2 atom stereocenters. The lowest BCUT2D eigenvalue weighted by Gasteiger charge is -2.39. The van der Waals surface area contributed by atoms with E-state index in [1.807, 2.05) is 31.2 Å². The number of rotatable bonds is 15. The molecule has 390 valence electrons. The van der Waals surface area contributed by atoms with E-state index in [9.17, 15) is 37.6 Å². The molecule has 2 unspecified atom stereocenters. The van der Waals surface area contributed by atoms with E-state index < -0.39 is 69.5 Å². The Hall–Kier alpha value is -7.63. The molecule has 0 radical (unpaired) electrons. The minimum absolute atomic E-state index is 0.0644. The Morgan fingerprint density at radius 3 is 2.21 bits per heavy atom. The summed E-state index contributed by atoms with van der Waals surface area (Å²) in [6, 6.07) is 23.3. The first-order chi connectivity index (χ1) is 35.4. The molecule has 3 heterocycles. The number of ether oxygens (including phenoxy) is 1. The number of nitrogens with one attached hydrogen (secondary N) is 2. The van der Waals surface area contributed by atoms with Crippen molar-refractivity contribution in [2.24, 2.45) is 5.41 Å². The van der Waals surface area contributed by atoms with E-state index in [1.54, 1.807) is 80.1 Å². The maximum Gasteiger partial charge on any atom is 0.420 e. The molecule has 13 nitrogen and oxygen atoms in total. The molecule has 2 aromatic heterocycles. The van der Waals surface area contributed by atoms with Gasteiger partial charge in [-0.25, -0.2) is 13.8 Å². The number of hydrogen-bond acceptors (Lipinski definition) is 10. The summed E-state index contributed by atoms with van der Waals surface area (Å²) >= 11 is 7.18. The summed E-state index contributed by atoms with van der Waals surface area (Å²) < 4.78 is 78.4. The number of benzene rings is 4. The normalized spacial score (nSPS) is 14.1. The van der Waals surface area contributed by atoms with Crippen LogP contribution in [0.3, 0.4) is 0 Å². The monoisotopic (exact) mass is 1060 g/mol. The highest BCUT2D eigenvalue weighted by Crippen LogP contribution is 2.39. The fourth-order valence-corrected chi connectivity index (χ4v) is 9.84. The fourth-order valence-electron chi connectivity index (χ4n) is 8.59. The van der Waals surface area contributed by atoms with Crippen molar-refractivity contribution in [3.05, 3.63) is 148 Å². The number of thiocarbonyl (C=S) groups is 1. The van der Waals surface area contributed by atoms with Gasteiger partial charge in [0, 0.05) is 25.7 Å². The van der Waals surface area contributed by atoms with Crippen LogP contribution in [0.4, 0.5) is 33.3 Å². The summed E-state index contributed by atoms with van der Waals surface area (Å²) in [6.07, 6.45) is -2.14. The number of nitrogens with zero attached hydrogens (tertiary/aromatic N) is 6. The van der Waals surface area contributed by atoms with E-state index in [2.05, 4.69) is 20.6 Å². The Bertz CT molecular complexity index is 3150. The molecule has 3 amide bonds. The van der Waals surface area contributed by atoms with Crippen LogP contribution in [0.2, 0.25) is 0 Å². The van der Waals surface area contributed by atoms with Crippen LogP contribution < -0.4 is 25.2 Å². The number of nitriles is 1. The van der Waals surface area contributed by atoms with Gasteiger partial charge in [0.25, 0.3) is 5.91 Å². The number of halogens is 5. The van der Waals surface area contributed by atoms with Crippen molar-refractivity contribution in [1.82, 2.24) is 25.5 Å². The minimum Gasteiger partial charge on any atom is -0.489 e. The second-order valence-corrected chi connectivity index (χ2v) is 20.8. The van der Waals surface area contributed by atoms with Crippen molar-refractivity contribution in [3.8, 4) is 33.5 Å². The highest BCUT2D eigenvalue weighted by molar-refractivity contribution is 7.80. The molecule has 6 aromatic rings. The van der Waals surface area contributed by atoms with Crippen molar-refractivity contribution >= 4 is 64.0 Å². The Kier molecular flexibility index (Phi) is 16.5. The first-order valence-corrected chi connectivity index (χ1v) is 24.9. The zero-order valence-corrected chi connectivity index (χ0v) is 43.6. The summed E-state index contributed by atoms with van der Waals surface area (Å²) in [5, 5.41) is 14.7. The molecular formula is C55H53F5N8O5S2. The third-order valence-electron chi connectivity index (χ3n) is 12.7. The maximum absolute atomic E-state index is 15.7. The Balaban J connectivity index is 0.957. The van der Waals surface area contributed by atoms with E-state index in [0.717, 1.165) is 38.7 Å². The second-order valence-electron chi connectivity index (χ2n) is 19.6. The maximum atomic E-state index is 15.7. The van der Waals surface area contributed by atoms with Crippen molar-refractivity contribution < 1.29 is 45.9 Å². The number of carbonyl (C=O) groups excluding carboxylic acids is 4. The van der Waals surface area contributed by atoms with E-state index in [0.29, 0.717) is 48.2 Å². The SMILES string of the molecule is Cc1ncsc1-c1ccc(CNC(=O)C2CCCN2C(=O)C(NC(=O)c2ccc(COc3ccc(-c4ccc(N(C(=S)N(C)c5ccc(C#N)c(C(F)(F)F)c5F)C(C)(C)C=O)cn4)cc3)cc2F)C(C)(C)C)cc1. The number of thiazole rings is 1. The van der Waals surface area contributed by atoms with Crippen LogP contribution in [0, 0.1) is 35.3 Å². The molecule has 1 fully saturated rings. The molecule has 4 aromatic carbocycles. The molecule has 20 heteroatoms. The lowest BCUT2D eigenvalue weighted by molar-refractivity contribution is -0.142. The Labute approximate surface area is 440 Å². The van der Waals surface area contributed by atoms with Gasteiger partial charge in [0.2, 0.25) is 11.8 Å². The summed E-state index contributed by atoms with van der Waals surface area (Å²) in [7, 11) is 1.24. The van der Waals surface area contributed by atoms with Gasteiger partial charge in [-0.1, -0.05) is 51.1 Å². The molecule has 2 N–H and O–H groups in total. The Morgan fingerprint density at radius 2 is 1.63 bits per heavy atom. The van der Waals surface area contributed by atoms with Gasteiger partial charge in [0.1, 0.15) is 42.1 Å². The van der Waals surface area contributed by atoms with Gasteiger partial charge in [-0.15, -0.1) is 11.3 Å². The molecule has 0 aliphatic carbocycles. The molecule has 1 aliphatic heterocycles. The van der Waals surface area contributed by atoms with Crippen LogP contribution in [0.25, 0.3) is 21.7 Å². The predicted octanol–water partition coefficient (Wildman–Crippen LogP) is 10.6. The number of likely N-dealkylation sites (tertiary alicyclic amines) is 1. The van der Waals surface area contributed by atoms with Gasteiger partial charge < -0.3 is 34.9 Å². The fraction of sp³-hybridized carbons (Fsp3) is 0.309. The van der Waals surface area contributed by atoms with Crippen molar-refractivity contribution in [3.63, 3.8) is 0 Å². The predicted molar refractivity (Wildman–Crippen MR) is 280 cm³/mol. The summed E-state index contributed by atoms with van der Waals surface area (Å²) in [5.41, 5.74) is 0.832. The van der Waals surface area contributed by atoms with E-state index in [4.69, 9.17) is 17.0 Å². The Morgan fingerprint density at radius 1 is 0.947 bits per heavy atom. The first kappa shape index (κ1) is 55.1. The average molecular weight is 1070 g/mol. The number of amides is 3. The summed E-state index contributed by atoms with van der Waals surface area (Å²) in [5.74, 6) is -3.63. The van der Waals surface area contributed by atoms with Gasteiger partial charge >= 0.3 is 6.18 Å². The zero-order valence-electron chi connectivity index (χ0n) is 42.0. The van der Waals surface area contributed by atoms with Crippen LogP contribution in [-0.4, -0.2) is 75.2 Å². The van der Waals surface area contributed by atoms with E-state index in [-0.39, 0.29) is 35.4 Å². The number of pyridine rings is 1. The molecular weight excluding hydrogens is 1010 g/mol. The first-order valence-electron chi connectivity index (χ1n) is 23.6. The summed E-state index contributed by atoms with van der Waals surface area (Å²) in [6.45, 7) is 10.9. The molecule has 0 saturated carbocycles. The summed E-state index contributed by atoms with van der Waals surface area (Å²) in [4.78, 5) is 67.3. The van der Waals surface area contributed by atoms with Crippen LogP contribution in [-0.2, 0) is 33.7 Å². The van der Waals surface area contributed by atoms with Crippen LogP contribution in [0.5, 0.6) is 5.75 Å². The largest absolute Gasteiger partial charge is 0.489 e. The third-order valence-corrected chi connectivity index (χ3v) is 14.2. The second kappa shape index (κ2) is 22.5. The van der Waals surface area contributed by atoms with Gasteiger partial charge in [0.15, 0.2) is 10.9 Å². The molecule has 1 saturated heterocycles. The zero-order chi connectivity index (χ0) is 54.6. The van der Waals surface area contributed by atoms with Gasteiger partial charge in [-0.2, -0.15) is 18.4 Å². The quantitative estimate of drug-likeness (QED) is 0.0572. The number of aromatic nitrogens is 2. The van der Waals surface area contributed by atoms with Gasteiger partial charge in [-0.3, -0.25) is 19.4 Å². The highest BCUT2D eigenvalue weighted by Gasteiger charge is 2.43. The standard InChI is InChI=1S/C55H53F5N8O5S2/c1-32-47(75-31-64-32)36-13-10-33(11-14-36)27-63-50(71)44-9-8-24-67(44)51(72)48(53(2,3)4)65-49(70)40-21-12-34(25-41(40)56)29-73-39-19-15-35(16-20-39)42-22-18-38(28-62-42)68(54(5,6)30-69)52(74)66(7)43-23-17-37(26-61)45(46(43)57)55(58,59)60/h10-23,25,28,30-31,44,48H,8-9,24,27,29H2,1-7H3,(H,63,71)(H,65,70). The number of hydrogen-bond donors (Lipinski definition) is 2. The van der Waals surface area contributed by atoms with Crippen LogP contribution in [0.1, 0.15) is 85.8 Å². The van der Waals surface area contributed by atoms with Crippen molar-refractivity contribution in [2.75, 3.05) is 23.4 Å². The highest BCUT2D eigenvalue weighted by atomic mass is 32.1. The molecule has 75 heavy (non-hydrogen) atoms. The number of carbonyl (C=O) groups is 4. The molecule has 0 bridgehead atoms. The van der Waals surface area contributed by atoms with Crippen LogP contribution >= 0.6 is 23.6 Å². The number of alkyl halides is 3.